The van der Waals surface area contributed by atoms with Crippen molar-refractivity contribution < 1.29 is 33.6 Å². The van der Waals surface area contributed by atoms with Crippen LogP contribution >= 0.6 is 7.37 Å². The number of hydrogen-bond acceptors (Lipinski definition) is 6. The zero-order valence-corrected chi connectivity index (χ0v) is 12.6. The van der Waals surface area contributed by atoms with Crippen LogP contribution in [0.2, 0.25) is 0 Å². The number of aliphatic carboxylic acids is 1. The molecule has 0 amide bonds. The smallest absolute Gasteiger partial charge is 0.333 e. The topological polar surface area (TPSA) is 110 Å². The first-order valence-electron chi connectivity index (χ1n) is 6.15. The number of ether oxygens (including phenoxy) is 1. The van der Waals surface area contributed by atoms with E-state index >= 15 is 0 Å². The number of aliphatic hydroxyl groups excluding tert-OH is 1. The van der Waals surface area contributed by atoms with Gasteiger partial charge >= 0.3 is 11.9 Å². The highest BCUT2D eigenvalue weighted by Crippen LogP contribution is 2.46. The lowest BCUT2D eigenvalue weighted by atomic mass is 10.3. The maximum absolute atomic E-state index is 12.1. The molecule has 0 rings (SSSR count). The predicted molar refractivity (Wildman–Crippen MR) is 73.0 cm³/mol. The van der Waals surface area contributed by atoms with Crippen LogP contribution in [-0.2, 0) is 23.4 Å². The second-order valence-electron chi connectivity index (χ2n) is 4.33. The highest BCUT2D eigenvalue weighted by Gasteiger charge is 2.23. The third kappa shape index (κ3) is 8.09. The summed E-state index contributed by atoms with van der Waals surface area (Å²) in [6.07, 6.45) is -1.29. The summed E-state index contributed by atoms with van der Waals surface area (Å²) in [6.45, 7) is 5.90. The van der Waals surface area contributed by atoms with Gasteiger partial charge in [-0.2, -0.15) is 0 Å². The molecule has 0 radical (unpaired) electrons. The molecule has 0 bridgehead atoms. The van der Waals surface area contributed by atoms with Gasteiger partial charge in [0.15, 0.2) is 0 Å². The second-order valence-corrected chi connectivity index (χ2v) is 7.29. The minimum Gasteiger partial charge on any atom is -0.481 e. The third-order valence-corrected chi connectivity index (χ3v) is 4.89. The van der Waals surface area contributed by atoms with E-state index in [0.717, 1.165) is 0 Å². The molecule has 0 aliphatic heterocycles. The molecule has 0 aliphatic rings. The van der Waals surface area contributed by atoms with Crippen LogP contribution in [0.25, 0.3) is 0 Å². The van der Waals surface area contributed by atoms with E-state index in [1.807, 2.05) is 0 Å². The molecule has 116 valence electrons. The Morgan fingerprint density at radius 1 is 1.35 bits per heavy atom. The van der Waals surface area contributed by atoms with E-state index in [9.17, 15) is 19.3 Å². The molecule has 0 heterocycles. The molecular weight excluding hydrogens is 287 g/mol. The third-order valence-electron chi connectivity index (χ3n) is 2.41. The normalized spacial score (nSPS) is 15.2. The highest BCUT2D eigenvalue weighted by molar-refractivity contribution is 7.58. The summed E-state index contributed by atoms with van der Waals surface area (Å²) in [7, 11) is -3.07. The van der Waals surface area contributed by atoms with Gasteiger partial charge in [0.05, 0.1) is 13.0 Å². The van der Waals surface area contributed by atoms with E-state index in [0.29, 0.717) is 0 Å². The summed E-state index contributed by atoms with van der Waals surface area (Å²) < 4.78 is 21.9. The van der Waals surface area contributed by atoms with Gasteiger partial charge < -0.3 is 19.5 Å². The Bertz CT molecular complexity index is 405. The standard InChI is InChI=1S/C12H21O7P/c1-4-20(17,6-5-11(14)15)19-8-10(13)7-18-12(16)9(2)3/h10,13H,2,4-8H2,1,3H3,(H,14,15). The fraction of sp³-hybridized carbons (Fsp3) is 0.667. The van der Waals surface area contributed by atoms with Crippen LogP contribution in [0.15, 0.2) is 12.2 Å². The Labute approximate surface area is 118 Å². The van der Waals surface area contributed by atoms with E-state index in [2.05, 4.69) is 6.58 Å². The summed E-state index contributed by atoms with van der Waals surface area (Å²) in [5, 5.41) is 18.1. The zero-order chi connectivity index (χ0) is 15.8. The molecule has 0 aromatic heterocycles. The molecule has 7 nitrogen and oxygen atoms in total. The van der Waals surface area contributed by atoms with Gasteiger partial charge in [0.1, 0.15) is 12.7 Å². The summed E-state index contributed by atoms with van der Waals surface area (Å²) in [5.41, 5.74) is 0.207. The maximum Gasteiger partial charge on any atom is 0.333 e. The van der Waals surface area contributed by atoms with Crippen LogP contribution in [0.1, 0.15) is 20.3 Å². The van der Waals surface area contributed by atoms with Crippen LogP contribution in [0, 0.1) is 0 Å². The van der Waals surface area contributed by atoms with E-state index in [1.54, 1.807) is 6.92 Å². The molecule has 2 unspecified atom stereocenters. The van der Waals surface area contributed by atoms with Crippen LogP contribution < -0.4 is 0 Å². The molecule has 0 aliphatic carbocycles. The predicted octanol–water partition coefficient (Wildman–Crippen LogP) is 1.26. The number of carboxylic acid groups (broad SMARTS) is 1. The molecule has 0 saturated carbocycles. The molecule has 8 heteroatoms. The van der Waals surface area contributed by atoms with Crippen molar-refractivity contribution in [3.63, 3.8) is 0 Å². The summed E-state index contributed by atoms with van der Waals surface area (Å²) in [4.78, 5) is 21.5. The van der Waals surface area contributed by atoms with Crippen LogP contribution in [0.5, 0.6) is 0 Å². The van der Waals surface area contributed by atoms with Gasteiger partial charge in [0, 0.05) is 17.9 Å². The molecule has 0 aromatic carbocycles. The molecule has 2 N–H and O–H groups in total. The largest absolute Gasteiger partial charge is 0.481 e. The molecule has 0 fully saturated rings. The molecule has 2 atom stereocenters. The summed E-state index contributed by atoms with van der Waals surface area (Å²) in [5.74, 6) is -1.69. The first kappa shape index (κ1) is 18.8. The van der Waals surface area contributed by atoms with E-state index in [-0.39, 0.29) is 37.5 Å². The molecule has 0 aromatic rings. The van der Waals surface area contributed by atoms with Crippen molar-refractivity contribution in [3.05, 3.63) is 12.2 Å². The lowest BCUT2D eigenvalue weighted by Gasteiger charge is -2.18. The minimum atomic E-state index is -3.07. The number of esters is 1. The van der Waals surface area contributed by atoms with Crippen LogP contribution in [0.3, 0.4) is 0 Å². The monoisotopic (exact) mass is 308 g/mol. The second kappa shape index (κ2) is 8.89. The van der Waals surface area contributed by atoms with Crippen molar-refractivity contribution in [2.75, 3.05) is 25.5 Å². The lowest BCUT2D eigenvalue weighted by Crippen LogP contribution is -2.24. The number of hydrogen-bond donors (Lipinski definition) is 2. The fourth-order valence-corrected chi connectivity index (χ4v) is 2.75. The Morgan fingerprint density at radius 2 is 1.95 bits per heavy atom. The lowest BCUT2D eigenvalue weighted by molar-refractivity contribution is -0.142. The van der Waals surface area contributed by atoms with E-state index < -0.39 is 25.4 Å². The first-order chi connectivity index (χ1) is 9.20. The number of rotatable bonds is 10. The van der Waals surface area contributed by atoms with Gasteiger partial charge in [0.25, 0.3) is 0 Å². The van der Waals surface area contributed by atoms with Crippen molar-refractivity contribution in [2.45, 2.75) is 26.4 Å². The molecular formula is C12H21O7P. The van der Waals surface area contributed by atoms with Crippen LogP contribution in [0.4, 0.5) is 0 Å². The van der Waals surface area contributed by atoms with Crippen molar-refractivity contribution >= 4 is 19.3 Å². The van der Waals surface area contributed by atoms with E-state index in [1.165, 1.54) is 6.92 Å². The zero-order valence-electron chi connectivity index (χ0n) is 11.7. The minimum absolute atomic E-state index is 0.0862. The van der Waals surface area contributed by atoms with Crippen molar-refractivity contribution in [3.8, 4) is 0 Å². The average molecular weight is 308 g/mol. The molecule has 0 spiro atoms. The van der Waals surface area contributed by atoms with Gasteiger partial charge in [-0.1, -0.05) is 13.5 Å². The molecule has 0 saturated heterocycles. The van der Waals surface area contributed by atoms with Crippen molar-refractivity contribution in [2.24, 2.45) is 0 Å². The van der Waals surface area contributed by atoms with Gasteiger partial charge in [0.2, 0.25) is 7.37 Å². The van der Waals surface area contributed by atoms with Gasteiger partial charge in [-0.3, -0.25) is 9.36 Å². The highest BCUT2D eigenvalue weighted by atomic mass is 31.2. The summed E-state index contributed by atoms with van der Waals surface area (Å²) >= 11 is 0. The Hall–Kier alpha value is -1.17. The number of carbonyl (C=O) groups is 2. The summed E-state index contributed by atoms with van der Waals surface area (Å²) in [6, 6.07) is 0. The fourth-order valence-electron chi connectivity index (χ4n) is 1.15. The SMILES string of the molecule is C=C(C)C(=O)OCC(O)COP(=O)(CC)CCC(=O)O. The maximum atomic E-state index is 12.1. The number of aliphatic hydroxyl groups is 1. The quantitative estimate of drug-likeness (QED) is 0.355. The van der Waals surface area contributed by atoms with Crippen molar-refractivity contribution in [1.82, 2.24) is 0 Å². The van der Waals surface area contributed by atoms with E-state index in [4.69, 9.17) is 14.4 Å². The molecule has 20 heavy (non-hydrogen) atoms. The number of carbonyl (C=O) groups excluding carboxylic acids is 1. The van der Waals surface area contributed by atoms with Gasteiger partial charge in [-0.05, 0) is 6.92 Å². The van der Waals surface area contributed by atoms with Crippen LogP contribution in [-0.4, -0.2) is 53.8 Å². The Morgan fingerprint density at radius 3 is 2.40 bits per heavy atom. The Kier molecular flexibility index (Phi) is 8.37. The Balaban J connectivity index is 4.15. The van der Waals surface area contributed by atoms with Gasteiger partial charge in [-0.15, -0.1) is 0 Å². The average Bonchev–Trinajstić information content (AvgIpc) is 2.40. The van der Waals surface area contributed by atoms with Gasteiger partial charge in [-0.25, -0.2) is 4.79 Å². The first-order valence-corrected chi connectivity index (χ1v) is 8.15. The number of carboxylic acids is 1. The van der Waals surface area contributed by atoms with Crippen molar-refractivity contribution in [1.29, 1.82) is 0 Å².